The Balaban J connectivity index is 0.000000617. The van der Waals surface area contributed by atoms with Gasteiger partial charge in [-0.3, -0.25) is 0 Å². The van der Waals surface area contributed by atoms with Crippen molar-refractivity contribution in [2.75, 3.05) is 43.6 Å². The molecule has 0 atom stereocenters. The molecular formula is C32H34Cl2F3N5O4. The van der Waals surface area contributed by atoms with Crippen molar-refractivity contribution in [2.45, 2.75) is 44.9 Å². The average molecular weight is 681 g/mol. The molecule has 46 heavy (non-hydrogen) atoms. The number of nitrogens with one attached hydrogen (secondary N) is 1. The average Bonchev–Trinajstić information content (AvgIpc) is 3.02. The molecule has 1 aromatic heterocycles. The summed E-state index contributed by atoms with van der Waals surface area (Å²) in [6.07, 6.45) is -0.827. The minimum atomic E-state index is -5.08. The van der Waals surface area contributed by atoms with Crippen LogP contribution in [0.3, 0.4) is 0 Å². The third-order valence-corrected chi connectivity index (χ3v) is 8.55. The topological polar surface area (TPSA) is 121 Å². The van der Waals surface area contributed by atoms with E-state index in [1.165, 1.54) is 12.8 Å². The van der Waals surface area contributed by atoms with Crippen LogP contribution in [-0.4, -0.2) is 65.9 Å². The number of benzene rings is 2. The Morgan fingerprint density at radius 3 is 2.35 bits per heavy atom. The van der Waals surface area contributed by atoms with E-state index in [1.807, 2.05) is 48.7 Å². The van der Waals surface area contributed by atoms with Crippen LogP contribution < -0.4 is 19.7 Å². The van der Waals surface area contributed by atoms with Gasteiger partial charge in [-0.1, -0.05) is 37.6 Å². The summed E-state index contributed by atoms with van der Waals surface area (Å²) in [5.74, 6) is -0.526. The second-order valence-electron chi connectivity index (χ2n) is 11.7. The maximum atomic E-state index is 10.6. The molecule has 2 aliphatic heterocycles. The lowest BCUT2D eigenvalue weighted by atomic mass is 9.72. The number of alkyl halides is 4. The van der Waals surface area contributed by atoms with Crippen LogP contribution in [0.1, 0.15) is 49.1 Å². The lowest BCUT2D eigenvalue weighted by Crippen LogP contribution is -2.60. The molecule has 3 aromatic rings. The first-order valence-corrected chi connectivity index (χ1v) is 15.4. The van der Waals surface area contributed by atoms with Gasteiger partial charge in [-0.2, -0.15) is 18.4 Å². The van der Waals surface area contributed by atoms with E-state index in [9.17, 15) is 18.4 Å². The van der Waals surface area contributed by atoms with Crippen molar-refractivity contribution < 1.29 is 32.5 Å². The van der Waals surface area contributed by atoms with E-state index < -0.39 is 17.6 Å². The molecule has 2 N–H and O–H groups in total. The number of piperidine rings is 1. The highest BCUT2D eigenvalue weighted by Crippen LogP contribution is 2.40. The zero-order valence-corrected chi connectivity index (χ0v) is 26.8. The van der Waals surface area contributed by atoms with Crippen molar-refractivity contribution in [3.05, 3.63) is 76.1 Å². The summed E-state index contributed by atoms with van der Waals surface area (Å²) >= 11 is 12.2. The number of nitrogens with zero attached hydrogens (tertiary/aromatic N) is 4. The normalized spacial score (nSPS) is 15.7. The highest BCUT2D eigenvalue weighted by molar-refractivity contribution is 6.32. The fourth-order valence-electron chi connectivity index (χ4n) is 5.41. The number of nitriles is 1. The molecule has 0 amide bonds. The maximum Gasteiger partial charge on any atom is 0.490 e. The quantitative estimate of drug-likeness (QED) is 0.249. The number of aromatic nitrogens is 2. The number of hydrogen-bond acceptors (Lipinski definition) is 8. The van der Waals surface area contributed by atoms with Gasteiger partial charge in [0.2, 0.25) is 5.95 Å². The number of carbonyl (C=O) groups is 1. The van der Waals surface area contributed by atoms with Crippen LogP contribution >= 0.6 is 23.2 Å². The largest absolute Gasteiger partial charge is 0.490 e. The highest BCUT2D eigenvalue weighted by Gasteiger charge is 2.44. The van der Waals surface area contributed by atoms with Gasteiger partial charge in [0.15, 0.2) is 5.75 Å². The van der Waals surface area contributed by atoms with Crippen LogP contribution in [-0.2, 0) is 16.8 Å². The van der Waals surface area contributed by atoms with Crippen molar-refractivity contribution >= 4 is 35.1 Å². The fourth-order valence-corrected chi connectivity index (χ4v) is 5.76. The summed E-state index contributed by atoms with van der Waals surface area (Å²) < 4.78 is 43.4. The van der Waals surface area contributed by atoms with E-state index in [0.717, 1.165) is 54.7 Å². The van der Waals surface area contributed by atoms with E-state index in [2.05, 4.69) is 35.1 Å². The molecule has 2 aromatic carbocycles. The summed E-state index contributed by atoms with van der Waals surface area (Å²) in [6.45, 7) is 9.11. The van der Waals surface area contributed by atoms with Crippen LogP contribution in [0.2, 0.25) is 5.02 Å². The van der Waals surface area contributed by atoms with Gasteiger partial charge in [-0.05, 0) is 67.4 Å². The Bertz CT molecular complexity index is 1550. The van der Waals surface area contributed by atoms with Gasteiger partial charge in [-0.25, -0.2) is 14.8 Å². The number of rotatable bonds is 9. The molecule has 0 aliphatic carbocycles. The fraction of sp³-hybridized carbons (Fsp3) is 0.438. The van der Waals surface area contributed by atoms with Crippen molar-refractivity contribution in [3.63, 3.8) is 0 Å². The van der Waals surface area contributed by atoms with E-state index >= 15 is 0 Å². The van der Waals surface area contributed by atoms with Crippen LogP contribution in [0.4, 0.5) is 19.1 Å². The Labute approximate surface area is 275 Å². The summed E-state index contributed by atoms with van der Waals surface area (Å²) in [4.78, 5) is 20.4. The molecule has 2 aliphatic rings. The Kier molecular flexibility index (Phi) is 11.2. The monoisotopic (exact) mass is 679 g/mol. The second kappa shape index (κ2) is 14.8. The summed E-state index contributed by atoms with van der Waals surface area (Å²) in [5, 5.41) is 20.6. The van der Waals surface area contributed by atoms with Crippen molar-refractivity contribution in [3.8, 4) is 17.6 Å². The third kappa shape index (κ3) is 8.51. The second-order valence-corrected chi connectivity index (χ2v) is 12.5. The number of halogens is 5. The van der Waals surface area contributed by atoms with Gasteiger partial charge in [0, 0.05) is 30.1 Å². The predicted octanol–water partition coefficient (Wildman–Crippen LogP) is 6.35. The van der Waals surface area contributed by atoms with E-state index in [-0.39, 0.29) is 6.61 Å². The van der Waals surface area contributed by atoms with Gasteiger partial charge in [-0.15, -0.1) is 11.6 Å². The Morgan fingerprint density at radius 2 is 1.76 bits per heavy atom. The molecule has 3 heterocycles. The van der Waals surface area contributed by atoms with Crippen molar-refractivity contribution in [1.29, 1.82) is 5.26 Å². The standard InChI is InChI=1S/C30H33Cl2N5O2.C2HF3O2/c1-29(2,23-15-21(17-33)27(26(32)16-23)38-14-10-31)22-3-5-25(6-4-22)39-18-24-7-11-35-28(36-24)37-19-30(20-37)8-12-34-13-9-30;3-2(4,5)1(6)7/h3-7,11,15-16,34H,8-10,12-14,18-20H2,1-2H3;(H,6,7). The Morgan fingerprint density at radius 1 is 1.11 bits per heavy atom. The van der Waals surface area contributed by atoms with Gasteiger partial charge in [0.05, 0.1) is 22.2 Å². The number of aliphatic carboxylic acids is 1. The first-order valence-electron chi connectivity index (χ1n) is 14.5. The molecule has 0 bridgehead atoms. The van der Waals surface area contributed by atoms with E-state index in [1.54, 1.807) is 0 Å². The Hall–Kier alpha value is -3.79. The van der Waals surface area contributed by atoms with Gasteiger partial charge in [0.25, 0.3) is 0 Å². The number of anilines is 1. The molecule has 246 valence electrons. The molecule has 0 radical (unpaired) electrons. The van der Waals surface area contributed by atoms with Crippen LogP contribution in [0.5, 0.6) is 11.5 Å². The molecule has 0 unspecified atom stereocenters. The highest BCUT2D eigenvalue weighted by atomic mass is 35.5. The van der Waals surface area contributed by atoms with Gasteiger partial charge in [0.1, 0.15) is 25.0 Å². The zero-order valence-electron chi connectivity index (χ0n) is 25.3. The van der Waals surface area contributed by atoms with Crippen molar-refractivity contribution in [1.82, 2.24) is 15.3 Å². The molecule has 5 rings (SSSR count). The number of hydrogen-bond donors (Lipinski definition) is 2. The number of ether oxygens (including phenoxy) is 2. The minimum absolute atomic E-state index is 0.285. The summed E-state index contributed by atoms with van der Waals surface area (Å²) in [6, 6.07) is 15.8. The maximum absolute atomic E-state index is 10.6. The molecular weight excluding hydrogens is 646 g/mol. The number of carboxylic acid groups (broad SMARTS) is 1. The van der Waals surface area contributed by atoms with E-state index in [0.29, 0.717) is 34.2 Å². The van der Waals surface area contributed by atoms with Crippen LogP contribution in [0, 0.1) is 16.7 Å². The van der Waals surface area contributed by atoms with Gasteiger partial charge < -0.3 is 24.8 Å². The zero-order chi connectivity index (χ0) is 33.5. The predicted molar refractivity (Wildman–Crippen MR) is 168 cm³/mol. The van der Waals surface area contributed by atoms with Gasteiger partial charge >= 0.3 is 12.1 Å². The lowest BCUT2D eigenvalue weighted by molar-refractivity contribution is -0.192. The lowest BCUT2D eigenvalue weighted by Gasteiger charge is -2.52. The van der Waals surface area contributed by atoms with Crippen LogP contribution in [0.15, 0.2) is 48.7 Å². The number of carboxylic acids is 1. The molecule has 9 nitrogen and oxygen atoms in total. The summed E-state index contributed by atoms with van der Waals surface area (Å²) in [7, 11) is 0. The molecule has 1 spiro atoms. The first kappa shape index (κ1) is 35.1. The SMILES string of the molecule is CC(C)(c1ccc(OCc2ccnc(N3CC4(CCNCC4)C3)n2)cc1)c1cc(Cl)c(OCCCl)c(C#N)c1.O=C(O)C(F)(F)F. The summed E-state index contributed by atoms with van der Waals surface area (Å²) in [5.41, 5.74) is 3.26. The molecule has 2 fully saturated rings. The van der Waals surface area contributed by atoms with Crippen molar-refractivity contribution in [2.24, 2.45) is 5.41 Å². The smallest absolute Gasteiger partial charge is 0.489 e. The third-order valence-electron chi connectivity index (χ3n) is 8.11. The van der Waals surface area contributed by atoms with Crippen LogP contribution in [0.25, 0.3) is 0 Å². The van der Waals surface area contributed by atoms with E-state index in [4.69, 9.17) is 47.6 Å². The minimum Gasteiger partial charge on any atom is -0.489 e. The molecule has 14 heteroatoms. The first-order chi connectivity index (χ1) is 21.8. The molecule has 2 saturated heterocycles. The molecule has 0 saturated carbocycles.